The number of hydrogen-bond acceptors (Lipinski definition) is 3. The van der Waals surface area contributed by atoms with Gasteiger partial charge in [0.2, 0.25) is 0 Å². The van der Waals surface area contributed by atoms with Gasteiger partial charge in [0.15, 0.2) is 0 Å². The number of benzene rings is 7. The first-order chi connectivity index (χ1) is 26.2. The van der Waals surface area contributed by atoms with Crippen LogP contribution in [0.3, 0.4) is 0 Å². The first-order valence-electron chi connectivity index (χ1n) is 18.3. The zero-order valence-corrected chi connectivity index (χ0v) is 29.1. The first kappa shape index (κ1) is 29.9. The fourth-order valence-corrected chi connectivity index (χ4v) is 8.80. The highest BCUT2D eigenvalue weighted by Crippen LogP contribution is 2.52. The summed E-state index contributed by atoms with van der Waals surface area (Å²) in [4.78, 5) is 10.7. The molecule has 1 aliphatic carbocycles. The van der Waals surface area contributed by atoms with Crippen molar-refractivity contribution in [1.82, 2.24) is 14.5 Å². The van der Waals surface area contributed by atoms with Crippen molar-refractivity contribution < 1.29 is 4.42 Å². The fourth-order valence-electron chi connectivity index (χ4n) is 8.80. The summed E-state index contributed by atoms with van der Waals surface area (Å²) in [7, 11) is 0. The molecule has 0 saturated heterocycles. The Balaban J connectivity index is 1.15. The van der Waals surface area contributed by atoms with Gasteiger partial charge in [-0.3, -0.25) is 0 Å². The Labute approximate surface area is 306 Å². The molecule has 53 heavy (non-hydrogen) atoms. The highest BCUT2D eigenvalue weighted by Gasteiger charge is 2.35. The molecule has 250 valence electrons. The molecule has 0 bridgehead atoms. The lowest BCUT2D eigenvalue weighted by Gasteiger charge is -2.33. The van der Waals surface area contributed by atoms with Gasteiger partial charge in [-0.1, -0.05) is 128 Å². The van der Waals surface area contributed by atoms with E-state index in [1.165, 1.54) is 44.1 Å². The Bertz CT molecular complexity index is 2960. The average Bonchev–Trinajstić information content (AvgIpc) is 3.76. The number of para-hydroxylation sites is 2. The van der Waals surface area contributed by atoms with E-state index in [9.17, 15) is 0 Å². The van der Waals surface area contributed by atoms with Gasteiger partial charge < -0.3 is 8.98 Å². The highest BCUT2D eigenvalue weighted by molar-refractivity contribution is 6.27. The van der Waals surface area contributed by atoms with Crippen LogP contribution in [0.15, 0.2) is 174 Å². The maximum atomic E-state index is 6.78. The second-order valence-electron chi connectivity index (χ2n) is 14.1. The predicted molar refractivity (Wildman–Crippen MR) is 217 cm³/mol. The van der Waals surface area contributed by atoms with Gasteiger partial charge in [0.1, 0.15) is 17.0 Å². The highest BCUT2D eigenvalue weighted by atomic mass is 16.3. The molecule has 4 nitrogen and oxygen atoms in total. The van der Waals surface area contributed by atoms with Gasteiger partial charge in [0.05, 0.1) is 28.3 Å². The number of hydrogen-bond donors (Lipinski definition) is 0. The quantitative estimate of drug-likeness (QED) is 0.186. The zero-order valence-electron chi connectivity index (χ0n) is 29.1. The third-order valence-corrected chi connectivity index (χ3v) is 11.2. The average molecular weight is 680 g/mol. The zero-order chi connectivity index (χ0) is 35.0. The van der Waals surface area contributed by atoms with Crippen molar-refractivity contribution in [3.05, 3.63) is 187 Å². The van der Waals surface area contributed by atoms with Crippen LogP contribution in [0.5, 0.6) is 0 Å². The van der Waals surface area contributed by atoms with Crippen LogP contribution >= 0.6 is 0 Å². The second-order valence-corrected chi connectivity index (χ2v) is 14.1. The van der Waals surface area contributed by atoms with Crippen LogP contribution in [0.1, 0.15) is 35.7 Å². The molecule has 1 aliphatic rings. The maximum Gasteiger partial charge on any atom is 0.137 e. The van der Waals surface area contributed by atoms with E-state index >= 15 is 0 Å². The van der Waals surface area contributed by atoms with E-state index in [-0.39, 0.29) is 11.8 Å². The van der Waals surface area contributed by atoms with Crippen LogP contribution < -0.4 is 0 Å². The van der Waals surface area contributed by atoms with Crippen LogP contribution in [0.2, 0.25) is 0 Å². The van der Waals surface area contributed by atoms with Gasteiger partial charge in [-0.05, 0) is 76.7 Å². The number of aromatic nitrogens is 3. The molecule has 0 saturated carbocycles. The van der Waals surface area contributed by atoms with Gasteiger partial charge >= 0.3 is 0 Å². The molecule has 7 aromatic carbocycles. The molecule has 0 aliphatic heterocycles. The minimum absolute atomic E-state index is 0.0535. The second kappa shape index (κ2) is 11.6. The molecule has 11 rings (SSSR count). The molecular weight excluding hydrogens is 647 g/mol. The summed E-state index contributed by atoms with van der Waals surface area (Å²) in [6, 6.07) is 60.2. The molecule has 3 aromatic heterocycles. The smallest absolute Gasteiger partial charge is 0.137 e. The molecule has 1 unspecified atom stereocenters. The van der Waals surface area contributed by atoms with Gasteiger partial charge in [0.25, 0.3) is 0 Å². The van der Waals surface area contributed by atoms with Crippen LogP contribution in [0, 0.1) is 0 Å². The SMILES string of the molecule is CC1c2cc3oc4ccc5c(c6ccccc6n5-c5ccccc5)c4c3cc2-c2ccccc2[C@H]1c1nc(-c2ccccc2)cc(-c2ccccc2)n1. The molecule has 0 N–H and O–H groups in total. The summed E-state index contributed by atoms with van der Waals surface area (Å²) in [5.41, 5.74) is 14.3. The van der Waals surface area contributed by atoms with Crippen molar-refractivity contribution in [3.63, 3.8) is 0 Å². The van der Waals surface area contributed by atoms with Crippen molar-refractivity contribution in [1.29, 1.82) is 0 Å². The minimum atomic E-state index is -0.0535. The molecule has 3 heterocycles. The van der Waals surface area contributed by atoms with E-state index in [1.807, 2.05) is 12.1 Å². The van der Waals surface area contributed by atoms with Crippen LogP contribution in [-0.4, -0.2) is 14.5 Å². The van der Waals surface area contributed by atoms with E-state index in [4.69, 9.17) is 14.4 Å². The van der Waals surface area contributed by atoms with Crippen molar-refractivity contribution in [2.75, 3.05) is 0 Å². The molecular formula is C49H33N3O. The van der Waals surface area contributed by atoms with Crippen molar-refractivity contribution in [2.45, 2.75) is 18.8 Å². The molecule has 4 heteroatoms. The largest absolute Gasteiger partial charge is 0.456 e. The fraction of sp³-hybridized carbons (Fsp3) is 0.0612. The van der Waals surface area contributed by atoms with Gasteiger partial charge in [-0.15, -0.1) is 0 Å². The van der Waals surface area contributed by atoms with Gasteiger partial charge in [-0.25, -0.2) is 9.97 Å². The number of nitrogens with zero attached hydrogens (tertiary/aromatic N) is 3. The Morgan fingerprint density at radius 2 is 1.13 bits per heavy atom. The number of fused-ring (bicyclic) bond motifs is 10. The normalized spacial score (nSPS) is 15.3. The van der Waals surface area contributed by atoms with Crippen LogP contribution in [-0.2, 0) is 0 Å². The molecule has 0 radical (unpaired) electrons. The maximum absolute atomic E-state index is 6.78. The molecule has 0 spiro atoms. The minimum Gasteiger partial charge on any atom is -0.456 e. The van der Waals surface area contributed by atoms with E-state index in [0.717, 1.165) is 56.0 Å². The summed E-state index contributed by atoms with van der Waals surface area (Å²) in [5, 5.41) is 4.73. The van der Waals surface area contributed by atoms with E-state index < -0.39 is 0 Å². The third kappa shape index (κ3) is 4.55. The van der Waals surface area contributed by atoms with Crippen molar-refractivity contribution in [3.8, 4) is 39.3 Å². The summed E-state index contributed by atoms with van der Waals surface area (Å²) >= 11 is 0. The van der Waals surface area contributed by atoms with Gasteiger partial charge in [0, 0.05) is 38.4 Å². The first-order valence-corrected chi connectivity index (χ1v) is 18.3. The van der Waals surface area contributed by atoms with Crippen LogP contribution in [0.25, 0.3) is 83.1 Å². The summed E-state index contributed by atoms with van der Waals surface area (Å²) < 4.78 is 9.15. The Morgan fingerprint density at radius 1 is 0.491 bits per heavy atom. The summed E-state index contributed by atoms with van der Waals surface area (Å²) in [5.74, 6) is 0.866. The molecule has 2 atom stereocenters. The van der Waals surface area contributed by atoms with E-state index in [1.54, 1.807) is 0 Å². The molecule has 0 amide bonds. The van der Waals surface area contributed by atoms with E-state index in [0.29, 0.717) is 0 Å². The lowest BCUT2D eigenvalue weighted by Crippen LogP contribution is -2.19. The van der Waals surface area contributed by atoms with Crippen molar-refractivity contribution in [2.24, 2.45) is 0 Å². The lowest BCUT2D eigenvalue weighted by molar-refractivity contribution is 0.613. The van der Waals surface area contributed by atoms with E-state index in [2.05, 4.69) is 169 Å². The molecule has 0 fully saturated rings. The predicted octanol–water partition coefficient (Wildman–Crippen LogP) is 12.7. The standard InChI is InChI=1S/C49H33N3O/c1-30-37-28-45-39(48-44(53-45)26-25-43-47(48)36-23-13-14-24-42(36)52(43)33-19-9-4-10-20-33)27-38(37)34-21-11-12-22-35(34)46(30)49-50-40(31-15-5-2-6-16-31)29-41(51-49)32-17-7-3-8-18-32/h2-30,46H,1H3/t30?,46-/m0/s1. The monoisotopic (exact) mass is 679 g/mol. The number of rotatable bonds is 4. The third-order valence-electron chi connectivity index (χ3n) is 11.2. The Morgan fingerprint density at radius 3 is 1.87 bits per heavy atom. The molecule has 10 aromatic rings. The van der Waals surface area contributed by atoms with Crippen LogP contribution in [0.4, 0.5) is 0 Å². The van der Waals surface area contributed by atoms with Crippen molar-refractivity contribution >= 4 is 43.7 Å². The lowest BCUT2D eigenvalue weighted by atomic mass is 9.71. The topological polar surface area (TPSA) is 43.9 Å². The number of furan rings is 1. The van der Waals surface area contributed by atoms with Gasteiger partial charge in [-0.2, -0.15) is 0 Å². The Hall–Kier alpha value is -6.78. The Kier molecular flexibility index (Phi) is 6.56. The summed E-state index contributed by atoms with van der Waals surface area (Å²) in [6.45, 7) is 2.32. The summed E-state index contributed by atoms with van der Waals surface area (Å²) in [6.07, 6.45) is 0.